The number of aromatic nitrogens is 3. The molecule has 4 nitrogen and oxygen atoms in total. The number of halogens is 13. The summed E-state index contributed by atoms with van der Waals surface area (Å²) in [6.07, 6.45) is 6.44. The third-order valence-corrected chi connectivity index (χ3v) is 7.00. The van der Waals surface area contributed by atoms with Crippen molar-refractivity contribution < 1.29 is 63.8 Å². The van der Waals surface area contributed by atoms with E-state index in [9.17, 15) is 54.8 Å². The molecule has 2 aromatic carbocycles. The molecule has 0 atom stereocenters. The van der Waals surface area contributed by atoms with Crippen LogP contribution in [-0.4, -0.2) is 40.7 Å². The third-order valence-electron chi connectivity index (χ3n) is 7.00. The molecule has 0 radical (unpaired) electrons. The van der Waals surface area contributed by atoms with Crippen molar-refractivity contribution in [3.05, 3.63) is 48.3 Å². The first kappa shape index (κ1) is 36.0. The van der Waals surface area contributed by atoms with Crippen molar-refractivity contribution in [3.8, 4) is 0 Å². The Kier molecular flexibility index (Phi) is 8.59. The topological polar surface area (TPSA) is 21.7 Å². The van der Waals surface area contributed by atoms with E-state index in [1.165, 1.54) is 49.8 Å². The van der Waals surface area contributed by atoms with Crippen molar-refractivity contribution in [2.45, 2.75) is 38.6 Å². The van der Waals surface area contributed by atoms with Crippen LogP contribution in [0.15, 0.2) is 42.5 Å². The molecule has 19 heteroatoms. The number of unbranched alkanes of at least 4 members (excludes halogenated alkanes) is 1. The van der Waals surface area contributed by atoms with Crippen LogP contribution in [0.3, 0.4) is 0 Å². The molecule has 1 aliphatic rings. The number of hydrogen-bond donors (Lipinski definition) is 0. The molecule has 3 heterocycles. The fourth-order valence-electron chi connectivity index (χ4n) is 5.31. The Balaban J connectivity index is 0.000000317. The Hall–Kier alpha value is -2.51. The number of rotatable bonds is 5. The molecule has 252 valence electrons. The van der Waals surface area contributed by atoms with Crippen molar-refractivity contribution in [1.82, 2.24) is 9.55 Å². The van der Waals surface area contributed by atoms with Gasteiger partial charge in [0.25, 0.3) is 5.52 Å². The number of nitrogens with zero attached hydrogens (tertiary/aromatic N) is 4. The Morgan fingerprint density at radius 2 is 1.34 bits per heavy atom. The molecule has 0 amide bonds. The van der Waals surface area contributed by atoms with Crippen LogP contribution in [0.4, 0.5) is 54.8 Å². The summed E-state index contributed by atoms with van der Waals surface area (Å²) in [6, 6.07) is 13.3. The van der Waals surface area contributed by atoms with Crippen LogP contribution < -0.4 is 4.57 Å². The molecule has 0 aliphatic carbocycles. The molecular formula is C25H31F13N4P2. The Bertz CT molecular complexity index is 1610. The zero-order chi connectivity index (χ0) is 33.5. The Labute approximate surface area is 243 Å². The van der Waals surface area contributed by atoms with Crippen molar-refractivity contribution in [2.24, 2.45) is 7.05 Å². The maximum atomic E-state index is 14.1. The molecular weight excluding hydrogens is 665 g/mol. The van der Waals surface area contributed by atoms with E-state index in [2.05, 4.69) is 35.4 Å². The van der Waals surface area contributed by atoms with Crippen molar-refractivity contribution in [2.75, 3.05) is 26.7 Å². The first-order chi connectivity index (χ1) is 19.5. The summed E-state index contributed by atoms with van der Waals surface area (Å²) in [6.45, 7) is 4.79. The molecule has 0 saturated carbocycles. The standard InChI is InChI=1S/C25H31FN4.2F6P/c1-28-23-11-5-4-10-21(23)27-25-24(28)20-18-19(26)12-13-22(20)29(25)14-6-9-17-30(2)15-7-3-8-16-30;2*1-7(2,3,4,5)6/h4-5,10-13,18H,3,6-9,14-17H2,1-2H3;;/q+2;2*-1. The van der Waals surface area contributed by atoms with Crippen LogP contribution in [0.2, 0.25) is 0 Å². The van der Waals surface area contributed by atoms with E-state index in [0.717, 1.165) is 46.1 Å². The normalized spacial score (nSPS) is 18.7. The van der Waals surface area contributed by atoms with Crippen LogP contribution >= 0.6 is 15.6 Å². The summed E-state index contributed by atoms with van der Waals surface area (Å²) < 4.78 is 138. The average molecular weight is 696 g/mol. The zero-order valence-electron chi connectivity index (χ0n) is 23.5. The van der Waals surface area contributed by atoms with Crippen molar-refractivity contribution in [3.63, 3.8) is 0 Å². The van der Waals surface area contributed by atoms with Gasteiger partial charge in [-0.05, 0) is 56.4 Å². The Morgan fingerprint density at radius 1 is 0.795 bits per heavy atom. The summed E-state index contributed by atoms with van der Waals surface area (Å²) in [5, 5.41) is 0.945. The van der Waals surface area contributed by atoms with Gasteiger partial charge in [0.1, 0.15) is 18.4 Å². The minimum absolute atomic E-state index is 0.197. The molecule has 4 aromatic rings. The average Bonchev–Trinajstić information content (AvgIpc) is 3.11. The van der Waals surface area contributed by atoms with E-state index < -0.39 is 15.6 Å². The molecule has 2 aromatic heterocycles. The van der Waals surface area contributed by atoms with Crippen LogP contribution in [0, 0.1) is 5.82 Å². The van der Waals surface area contributed by atoms with Crippen LogP contribution in [0.5, 0.6) is 0 Å². The van der Waals surface area contributed by atoms with E-state index >= 15 is 0 Å². The van der Waals surface area contributed by atoms with Gasteiger partial charge in [-0.15, -0.1) is 0 Å². The number of hydrogen-bond acceptors (Lipinski definition) is 1. The Morgan fingerprint density at radius 3 is 1.91 bits per heavy atom. The first-order valence-corrected chi connectivity index (χ1v) is 17.3. The van der Waals surface area contributed by atoms with E-state index in [4.69, 9.17) is 4.98 Å². The van der Waals surface area contributed by atoms with Crippen LogP contribution in [0.25, 0.3) is 33.1 Å². The number of quaternary nitrogens is 1. The molecule has 1 saturated heterocycles. The molecule has 0 spiro atoms. The van der Waals surface area contributed by atoms with Gasteiger partial charge in [0.05, 0.1) is 37.6 Å². The molecule has 0 unspecified atom stereocenters. The van der Waals surface area contributed by atoms with Gasteiger partial charge in [-0.2, -0.15) is 4.57 Å². The molecule has 0 bridgehead atoms. The predicted octanol–water partition coefficient (Wildman–Crippen LogP) is 11.5. The van der Waals surface area contributed by atoms with Crippen molar-refractivity contribution in [1.29, 1.82) is 0 Å². The maximum absolute atomic E-state index is 14.1. The van der Waals surface area contributed by atoms with Crippen LogP contribution in [0.1, 0.15) is 32.1 Å². The SMILES string of the molecule is C[n+]1c2ccccc2nc2c1c1cc(F)ccc1n2CCCC[N+]1(C)CCCCC1.F[P-](F)(F)(F)(F)F.F[P-](F)(F)(F)(F)F. The predicted molar refractivity (Wildman–Crippen MR) is 147 cm³/mol. The molecule has 5 rings (SSSR count). The van der Waals surface area contributed by atoms with Gasteiger partial charge >= 0.3 is 66.0 Å². The molecule has 0 N–H and O–H groups in total. The van der Waals surface area contributed by atoms with E-state index in [1.807, 2.05) is 18.2 Å². The molecule has 1 fully saturated rings. The van der Waals surface area contributed by atoms with Crippen molar-refractivity contribution >= 4 is 48.7 Å². The van der Waals surface area contributed by atoms with Gasteiger partial charge in [-0.1, -0.05) is 12.1 Å². The van der Waals surface area contributed by atoms with E-state index in [-0.39, 0.29) is 5.82 Å². The van der Waals surface area contributed by atoms with Gasteiger partial charge in [0.2, 0.25) is 11.2 Å². The van der Waals surface area contributed by atoms with E-state index in [1.54, 1.807) is 12.1 Å². The second kappa shape index (κ2) is 10.5. The van der Waals surface area contributed by atoms with Gasteiger partial charge in [0.15, 0.2) is 0 Å². The number of fused-ring (bicyclic) bond motifs is 4. The molecule has 44 heavy (non-hydrogen) atoms. The summed E-state index contributed by atoms with van der Waals surface area (Å²) in [4.78, 5) is 5.00. The summed E-state index contributed by atoms with van der Waals surface area (Å²) in [5.74, 6) is -0.197. The summed E-state index contributed by atoms with van der Waals surface area (Å²) in [5.41, 5.74) is 5.08. The van der Waals surface area contributed by atoms with Gasteiger partial charge in [0, 0.05) is 12.6 Å². The monoisotopic (exact) mass is 696 g/mol. The fraction of sp³-hybridized carbons (Fsp3) is 0.440. The first-order valence-electron chi connectivity index (χ1n) is 13.3. The molecule has 1 aliphatic heterocycles. The zero-order valence-corrected chi connectivity index (χ0v) is 25.3. The van der Waals surface area contributed by atoms with E-state index in [0.29, 0.717) is 0 Å². The third kappa shape index (κ3) is 12.8. The number of piperidine rings is 1. The quantitative estimate of drug-likeness (QED) is 0.0669. The van der Waals surface area contributed by atoms with Crippen LogP contribution in [-0.2, 0) is 13.6 Å². The van der Waals surface area contributed by atoms with Gasteiger partial charge < -0.3 is 9.05 Å². The second-order valence-electron chi connectivity index (χ2n) is 11.1. The number of aryl methyl sites for hydroxylation is 2. The van der Waals surface area contributed by atoms with Gasteiger partial charge in [-0.25, -0.2) is 9.37 Å². The van der Waals surface area contributed by atoms with Gasteiger partial charge in [-0.3, -0.25) is 0 Å². The summed E-state index contributed by atoms with van der Waals surface area (Å²) >= 11 is 0. The summed E-state index contributed by atoms with van der Waals surface area (Å²) in [7, 11) is -16.8. The number of likely N-dealkylation sites (tertiary alicyclic amines) is 1. The number of benzene rings is 2. The number of para-hydroxylation sites is 2. The fourth-order valence-corrected chi connectivity index (χ4v) is 5.31. The second-order valence-corrected chi connectivity index (χ2v) is 15.0. The minimum atomic E-state index is -10.7.